The van der Waals surface area contributed by atoms with E-state index in [0.29, 0.717) is 19.4 Å². The van der Waals surface area contributed by atoms with E-state index in [2.05, 4.69) is 47.9 Å². The average molecular weight is 351 g/mol. The van der Waals surface area contributed by atoms with Crippen molar-refractivity contribution in [1.29, 1.82) is 0 Å². The number of hydrogen-bond donors (Lipinski definition) is 0. The van der Waals surface area contributed by atoms with Gasteiger partial charge in [0.15, 0.2) is 0 Å². The van der Waals surface area contributed by atoms with Crippen molar-refractivity contribution in [1.82, 2.24) is 4.57 Å². The largest absolute Gasteiger partial charge is 0.497 e. The second kappa shape index (κ2) is 8.09. The summed E-state index contributed by atoms with van der Waals surface area (Å²) in [6, 6.07) is 16.5. The van der Waals surface area contributed by atoms with Gasteiger partial charge in [-0.15, -0.1) is 0 Å². The number of rotatable bonds is 7. The summed E-state index contributed by atoms with van der Waals surface area (Å²) >= 11 is 0. The molecule has 0 spiro atoms. The van der Waals surface area contributed by atoms with Gasteiger partial charge in [-0.1, -0.05) is 30.3 Å². The maximum Gasteiger partial charge on any atom is 0.306 e. The van der Waals surface area contributed by atoms with Crippen LogP contribution in [0.15, 0.2) is 48.5 Å². The highest BCUT2D eigenvalue weighted by atomic mass is 16.5. The van der Waals surface area contributed by atoms with Crippen LogP contribution in [-0.4, -0.2) is 24.3 Å². The second-order valence-electron chi connectivity index (χ2n) is 6.32. The summed E-state index contributed by atoms with van der Waals surface area (Å²) in [4.78, 5) is 11.8. The predicted octanol–water partition coefficient (Wildman–Crippen LogP) is 4.50. The molecule has 1 heterocycles. The molecule has 4 heteroatoms. The molecular weight excluding hydrogens is 326 g/mol. The third kappa shape index (κ3) is 3.74. The van der Waals surface area contributed by atoms with E-state index in [9.17, 15) is 4.79 Å². The lowest BCUT2D eigenvalue weighted by atomic mass is 10.1. The number of hydrogen-bond acceptors (Lipinski definition) is 3. The topological polar surface area (TPSA) is 40.5 Å². The first-order valence-electron chi connectivity index (χ1n) is 8.99. The van der Waals surface area contributed by atoms with Gasteiger partial charge in [0.25, 0.3) is 0 Å². The van der Waals surface area contributed by atoms with E-state index in [1.165, 1.54) is 16.8 Å². The zero-order chi connectivity index (χ0) is 18.5. The van der Waals surface area contributed by atoms with E-state index in [-0.39, 0.29) is 5.97 Å². The number of methoxy groups -OCH3 is 1. The molecule has 0 aliphatic rings. The molecule has 136 valence electrons. The molecule has 0 aliphatic heterocycles. The van der Waals surface area contributed by atoms with E-state index in [0.717, 1.165) is 23.2 Å². The van der Waals surface area contributed by atoms with Gasteiger partial charge < -0.3 is 14.0 Å². The summed E-state index contributed by atoms with van der Waals surface area (Å²) < 4.78 is 12.8. The third-order valence-corrected chi connectivity index (χ3v) is 4.73. The molecule has 0 saturated heterocycles. The summed E-state index contributed by atoms with van der Waals surface area (Å²) in [5.74, 6) is 0.672. The zero-order valence-electron chi connectivity index (χ0n) is 15.6. The van der Waals surface area contributed by atoms with Crippen molar-refractivity contribution in [3.63, 3.8) is 0 Å². The Labute approximate surface area is 154 Å². The van der Waals surface area contributed by atoms with Crippen LogP contribution in [0.3, 0.4) is 0 Å². The van der Waals surface area contributed by atoms with Gasteiger partial charge in [0.1, 0.15) is 5.75 Å². The van der Waals surface area contributed by atoms with Crippen LogP contribution in [0.1, 0.15) is 30.2 Å². The van der Waals surface area contributed by atoms with Crippen LogP contribution in [0.2, 0.25) is 0 Å². The van der Waals surface area contributed by atoms with Crippen LogP contribution in [-0.2, 0) is 22.5 Å². The molecule has 0 amide bonds. The Morgan fingerprint density at radius 2 is 1.88 bits per heavy atom. The standard InChI is InChI=1S/C22H25NO3/c1-4-26-22(24)13-11-19-16(2)23(15-17-8-6-5-7-9-17)21-12-10-18(25-3)14-20(19)21/h5-10,12,14H,4,11,13,15H2,1-3H3. The summed E-state index contributed by atoms with van der Waals surface area (Å²) in [6.45, 7) is 5.17. The molecular formula is C22H25NO3. The van der Waals surface area contributed by atoms with Crippen LogP contribution >= 0.6 is 0 Å². The molecule has 0 saturated carbocycles. The van der Waals surface area contributed by atoms with Crippen molar-refractivity contribution in [2.24, 2.45) is 0 Å². The number of carbonyl (C=O) groups is 1. The van der Waals surface area contributed by atoms with Crippen LogP contribution in [0.25, 0.3) is 10.9 Å². The van der Waals surface area contributed by atoms with Gasteiger partial charge in [0, 0.05) is 29.6 Å². The molecule has 0 unspecified atom stereocenters. The molecule has 0 radical (unpaired) electrons. The SMILES string of the molecule is CCOC(=O)CCc1c(C)n(Cc2ccccc2)c2ccc(OC)cc12. The first-order valence-corrected chi connectivity index (χ1v) is 8.99. The van der Waals surface area contributed by atoms with Gasteiger partial charge in [-0.05, 0) is 49.6 Å². The maximum atomic E-state index is 11.8. The molecule has 3 rings (SSSR count). The molecule has 0 aliphatic carbocycles. The molecule has 2 aromatic carbocycles. The fourth-order valence-electron chi connectivity index (χ4n) is 3.40. The summed E-state index contributed by atoms with van der Waals surface area (Å²) in [5, 5.41) is 1.14. The van der Waals surface area contributed by atoms with Crippen molar-refractivity contribution in [2.45, 2.75) is 33.2 Å². The molecule has 0 bridgehead atoms. The van der Waals surface area contributed by atoms with Crippen molar-refractivity contribution >= 4 is 16.9 Å². The highest BCUT2D eigenvalue weighted by Gasteiger charge is 2.16. The Kier molecular flexibility index (Phi) is 5.61. The molecule has 0 fully saturated rings. The van der Waals surface area contributed by atoms with Crippen molar-refractivity contribution in [3.05, 3.63) is 65.4 Å². The van der Waals surface area contributed by atoms with Crippen molar-refractivity contribution in [3.8, 4) is 5.75 Å². The van der Waals surface area contributed by atoms with Crippen LogP contribution < -0.4 is 4.74 Å². The number of benzene rings is 2. The number of ether oxygens (including phenoxy) is 2. The predicted molar refractivity (Wildman–Crippen MR) is 104 cm³/mol. The van der Waals surface area contributed by atoms with Gasteiger partial charge in [0.2, 0.25) is 0 Å². The van der Waals surface area contributed by atoms with E-state index in [1.54, 1.807) is 7.11 Å². The molecule has 4 nitrogen and oxygen atoms in total. The van der Waals surface area contributed by atoms with Gasteiger partial charge in [-0.2, -0.15) is 0 Å². The summed E-state index contributed by atoms with van der Waals surface area (Å²) in [5.41, 5.74) is 4.77. The van der Waals surface area contributed by atoms with E-state index < -0.39 is 0 Å². The Balaban J connectivity index is 2.01. The second-order valence-corrected chi connectivity index (χ2v) is 6.32. The van der Waals surface area contributed by atoms with Gasteiger partial charge >= 0.3 is 5.97 Å². The molecule has 1 aromatic heterocycles. The van der Waals surface area contributed by atoms with Gasteiger partial charge in [-0.3, -0.25) is 4.79 Å². The number of fused-ring (bicyclic) bond motifs is 1. The third-order valence-electron chi connectivity index (χ3n) is 4.73. The minimum absolute atomic E-state index is 0.154. The number of aromatic nitrogens is 1. The molecule has 3 aromatic rings. The van der Waals surface area contributed by atoms with Gasteiger partial charge in [0.05, 0.1) is 13.7 Å². The molecule has 0 N–H and O–H groups in total. The lowest BCUT2D eigenvalue weighted by Gasteiger charge is -2.09. The summed E-state index contributed by atoms with van der Waals surface area (Å²) in [6.07, 6.45) is 1.05. The van der Waals surface area contributed by atoms with E-state index >= 15 is 0 Å². The lowest BCUT2D eigenvalue weighted by molar-refractivity contribution is -0.143. The number of esters is 1. The maximum absolute atomic E-state index is 11.8. The van der Waals surface area contributed by atoms with Crippen LogP contribution in [0.5, 0.6) is 5.75 Å². The first kappa shape index (κ1) is 18.1. The number of carbonyl (C=O) groups excluding carboxylic acids is 1. The lowest BCUT2D eigenvalue weighted by Crippen LogP contribution is -2.06. The fraction of sp³-hybridized carbons (Fsp3) is 0.318. The summed E-state index contributed by atoms with van der Waals surface area (Å²) in [7, 11) is 1.67. The normalized spacial score (nSPS) is 10.9. The van der Waals surface area contributed by atoms with Crippen molar-refractivity contribution in [2.75, 3.05) is 13.7 Å². The highest BCUT2D eigenvalue weighted by Crippen LogP contribution is 2.31. The van der Waals surface area contributed by atoms with Crippen molar-refractivity contribution < 1.29 is 14.3 Å². The highest BCUT2D eigenvalue weighted by molar-refractivity contribution is 5.87. The van der Waals surface area contributed by atoms with E-state index in [1.807, 2.05) is 19.1 Å². The van der Waals surface area contributed by atoms with Crippen LogP contribution in [0, 0.1) is 6.92 Å². The Hall–Kier alpha value is -2.75. The Morgan fingerprint density at radius 1 is 1.12 bits per heavy atom. The number of aryl methyl sites for hydroxylation is 1. The Morgan fingerprint density at radius 3 is 2.58 bits per heavy atom. The minimum atomic E-state index is -0.154. The average Bonchev–Trinajstić information content (AvgIpc) is 2.92. The zero-order valence-corrected chi connectivity index (χ0v) is 15.6. The minimum Gasteiger partial charge on any atom is -0.497 e. The van der Waals surface area contributed by atoms with Crippen LogP contribution in [0.4, 0.5) is 0 Å². The monoisotopic (exact) mass is 351 g/mol. The van der Waals surface area contributed by atoms with E-state index in [4.69, 9.17) is 9.47 Å². The first-order chi connectivity index (χ1) is 12.6. The smallest absolute Gasteiger partial charge is 0.306 e. The molecule has 26 heavy (non-hydrogen) atoms. The van der Waals surface area contributed by atoms with Gasteiger partial charge in [-0.25, -0.2) is 0 Å². The Bertz CT molecular complexity index is 897. The molecule has 0 atom stereocenters. The fourth-order valence-corrected chi connectivity index (χ4v) is 3.40. The quantitative estimate of drug-likeness (QED) is 0.588. The number of nitrogens with zero attached hydrogens (tertiary/aromatic N) is 1.